The maximum absolute atomic E-state index is 12.6. The highest BCUT2D eigenvalue weighted by Crippen LogP contribution is 2.22. The minimum Gasteiger partial charge on any atom is -0.481 e. The zero-order valence-electron chi connectivity index (χ0n) is 11.7. The van der Waals surface area contributed by atoms with Gasteiger partial charge in [-0.15, -0.1) is 0 Å². The molecule has 1 unspecified atom stereocenters. The number of piperidine rings is 1. The lowest BCUT2D eigenvalue weighted by Gasteiger charge is -2.32. The number of hydrogen-bond acceptors (Lipinski definition) is 2. The lowest BCUT2D eigenvalue weighted by molar-refractivity contribution is -0.138. The Hall–Kier alpha value is -2.30. The number of aliphatic carboxylic acids is 1. The number of aromatic nitrogens is 1. The van der Waals surface area contributed by atoms with Crippen molar-refractivity contribution in [2.24, 2.45) is 5.92 Å². The van der Waals surface area contributed by atoms with Crippen LogP contribution in [0.2, 0.25) is 0 Å². The first-order valence-electron chi connectivity index (χ1n) is 7.21. The predicted octanol–water partition coefficient (Wildman–Crippen LogP) is 2.49. The Morgan fingerprint density at radius 2 is 2.19 bits per heavy atom. The number of benzene rings is 1. The highest BCUT2D eigenvalue weighted by molar-refractivity contribution is 5.98. The van der Waals surface area contributed by atoms with Gasteiger partial charge in [0.05, 0.1) is 0 Å². The van der Waals surface area contributed by atoms with Gasteiger partial charge < -0.3 is 15.0 Å². The van der Waals surface area contributed by atoms with Crippen LogP contribution in [0.15, 0.2) is 30.5 Å². The second-order valence-corrected chi connectivity index (χ2v) is 5.64. The van der Waals surface area contributed by atoms with Gasteiger partial charge >= 0.3 is 5.97 Å². The summed E-state index contributed by atoms with van der Waals surface area (Å²) in [4.78, 5) is 28.3. The van der Waals surface area contributed by atoms with Crippen LogP contribution in [0.3, 0.4) is 0 Å². The van der Waals surface area contributed by atoms with Crippen molar-refractivity contribution in [3.05, 3.63) is 36.0 Å². The number of carbonyl (C=O) groups excluding carboxylic acids is 1. The summed E-state index contributed by atoms with van der Waals surface area (Å²) in [6.07, 6.45) is 3.74. The molecule has 1 aliphatic heterocycles. The van der Waals surface area contributed by atoms with Gasteiger partial charge in [0.15, 0.2) is 0 Å². The fourth-order valence-electron chi connectivity index (χ4n) is 3.03. The quantitative estimate of drug-likeness (QED) is 0.910. The van der Waals surface area contributed by atoms with E-state index in [9.17, 15) is 9.59 Å². The van der Waals surface area contributed by atoms with Crippen LogP contribution in [0, 0.1) is 5.92 Å². The number of carboxylic acid groups (broad SMARTS) is 1. The number of amides is 1. The first kappa shape index (κ1) is 13.7. The zero-order valence-corrected chi connectivity index (χ0v) is 11.7. The van der Waals surface area contributed by atoms with Crippen LogP contribution >= 0.6 is 0 Å². The zero-order chi connectivity index (χ0) is 14.8. The molecule has 5 heteroatoms. The standard InChI is InChI=1S/C16H18N2O3/c19-15(20)8-11-2-1-7-18(10-11)16(21)13-4-3-12-5-6-17-14(12)9-13/h3-6,9,11,17H,1-2,7-8,10H2,(H,19,20). The third kappa shape index (κ3) is 2.91. The van der Waals surface area contributed by atoms with Gasteiger partial charge in [-0.25, -0.2) is 0 Å². The molecule has 1 atom stereocenters. The van der Waals surface area contributed by atoms with Crippen LogP contribution in [0.5, 0.6) is 0 Å². The third-order valence-corrected chi connectivity index (χ3v) is 4.07. The second kappa shape index (κ2) is 5.60. The SMILES string of the molecule is O=C(O)CC1CCCN(C(=O)c2ccc3cc[nH]c3c2)C1. The van der Waals surface area contributed by atoms with Crippen molar-refractivity contribution in [3.8, 4) is 0 Å². The smallest absolute Gasteiger partial charge is 0.303 e. The van der Waals surface area contributed by atoms with E-state index < -0.39 is 5.97 Å². The van der Waals surface area contributed by atoms with Gasteiger partial charge in [0, 0.05) is 36.8 Å². The first-order valence-corrected chi connectivity index (χ1v) is 7.21. The molecular weight excluding hydrogens is 268 g/mol. The summed E-state index contributed by atoms with van der Waals surface area (Å²) >= 11 is 0. The van der Waals surface area contributed by atoms with Gasteiger partial charge in [0.25, 0.3) is 5.91 Å². The number of hydrogen-bond donors (Lipinski definition) is 2. The fraction of sp³-hybridized carbons (Fsp3) is 0.375. The molecule has 3 rings (SSSR count). The van der Waals surface area contributed by atoms with E-state index in [1.807, 2.05) is 30.5 Å². The minimum absolute atomic E-state index is 0.0124. The molecule has 0 spiro atoms. The predicted molar refractivity (Wildman–Crippen MR) is 79.2 cm³/mol. The van der Waals surface area contributed by atoms with Crippen molar-refractivity contribution in [1.29, 1.82) is 0 Å². The molecule has 0 bridgehead atoms. The maximum atomic E-state index is 12.6. The molecule has 0 aliphatic carbocycles. The van der Waals surface area contributed by atoms with E-state index in [1.165, 1.54) is 0 Å². The maximum Gasteiger partial charge on any atom is 0.303 e. The lowest BCUT2D eigenvalue weighted by atomic mass is 9.94. The molecule has 1 saturated heterocycles. The number of H-pyrrole nitrogens is 1. The topological polar surface area (TPSA) is 73.4 Å². The van der Waals surface area contributed by atoms with E-state index in [2.05, 4.69) is 4.98 Å². The summed E-state index contributed by atoms with van der Waals surface area (Å²) in [5, 5.41) is 9.97. The van der Waals surface area contributed by atoms with Crippen LogP contribution in [0.4, 0.5) is 0 Å². The minimum atomic E-state index is -0.790. The summed E-state index contributed by atoms with van der Waals surface area (Å²) in [6, 6.07) is 7.59. The number of likely N-dealkylation sites (tertiary alicyclic amines) is 1. The Kier molecular flexibility index (Phi) is 3.64. The Labute approximate surface area is 122 Å². The monoisotopic (exact) mass is 286 g/mol. The molecule has 1 amide bonds. The largest absolute Gasteiger partial charge is 0.481 e. The molecule has 2 heterocycles. The highest BCUT2D eigenvalue weighted by Gasteiger charge is 2.26. The van der Waals surface area contributed by atoms with Crippen LogP contribution < -0.4 is 0 Å². The van der Waals surface area contributed by atoms with Crippen molar-refractivity contribution < 1.29 is 14.7 Å². The number of carboxylic acids is 1. The molecular formula is C16H18N2O3. The van der Waals surface area contributed by atoms with Gasteiger partial charge in [-0.1, -0.05) is 6.07 Å². The van der Waals surface area contributed by atoms with E-state index in [0.29, 0.717) is 18.7 Å². The molecule has 21 heavy (non-hydrogen) atoms. The molecule has 0 saturated carbocycles. The molecule has 2 aromatic rings. The van der Waals surface area contributed by atoms with Gasteiger partial charge in [0.1, 0.15) is 0 Å². The summed E-state index contributed by atoms with van der Waals surface area (Å²) in [5.74, 6) is -0.738. The fourth-order valence-corrected chi connectivity index (χ4v) is 3.03. The summed E-state index contributed by atoms with van der Waals surface area (Å²) < 4.78 is 0. The van der Waals surface area contributed by atoms with Crippen molar-refractivity contribution in [2.75, 3.05) is 13.1 Å². The Balaban J connectivity index is 1.75. The Morgan fingerprint density at radius 3 is 3.00 bits per heavy atom. The van der Waals surface area contributed by atoms with Crippen molar-refractivity contribution >= 4 is 22.8 Å². The highest BCUT2D eigenvalue weighted by atomic mass is 16.4. The summed E-state index contributed by atoms with van der Waals surface area (Å²) in [5.41, 5.74) is 1.60. The first-order chi connectivity index (χ1) is 10.1. The van der Waals surface area contributed by atoms with Gasteiger partial charge in [-0.2, -0.15) is 0 Å². The van der Waals surface area contributed by atoms with Gasteiger partial charge in [-0.3, -0.25) is 9.59 Å². The number of nitrogens with zero attached hydrogens (tertiary/aromatic N) is 1. The lowest BCUT2D eigenvalue weighted by Crippen LogP contribution is -2.40. The van der Waals surface area contributed by atoms with Crippen LogP contribution in [0.25, 0.3) is 10.9 Å². The summed E-state index contributed by atoms with van der Waals surface area (Å²) in [7, 11) is 0. The molecule has 0 radical (unpaired) electrons. The van der Waals surface area contributed by atoms with Gasteiger partial charge in [-0.05, 0) is 42.3 Å². The van der Waals surface area contributed by atoms with E-state index in [0.717, 1.165) is 23.7 Å². The molecule has 5 nitrogen and oxygen atoms in total. The average molecular weight is 286 g/mol. The van der Waals surface area contributed by atoms with E-state index in [4.69, 9.17) is 5.11 Å². The van der Waals surface area contributed by atoms with Crippen molar-refractivity contribution in [2.45, 2.75) is 19.3 Å². The Bertz CT molecular complexity index is 677. The third-order valence-electron chi connectivity index (χ3n) is 4.07. The van der Waals surface area contributed by atoms with E-state index in [-0.39, 0.29) is 18.2 Å². The number of aromatic amines is 1. The van der Waals surface area contributed by atoms with Crippen molar-refractivity contribution in [3.63, 3.8) is 0 Å². The average Bonchev–Trinajstić information content (AvgIpc) is 2.93. The van der Waals surface area contributed by atoms with Crippen LogP contribution in [-0.2, 0) is 4.79 Å². The molecule has 1 aromatic heterocycles. The van der Waals surface area contributed by atoms with Gasteiger partial charge in [0.2, 0.25) is 0 Å². The summed E-state index contributed by atoms with van der Waals surface area (Å²) in [6.45, 7) is 1.24. The molecule has 1 aliphatic rings. The number of rotatable bonds is 3. The molecule has 1 fully saturated rings. The Morgan fingerprint density at radius 1 is 1.33 bits per heavy atom. The molecule has 2 N–H and O–H groups in total. The van der Waals surface area contributed by atoms with Crippen LogP contribution in [0.1, 0.15) is 29.6 Å². The molecule has 110 valence electrons. The second-order valence-electron chi connectivity index (χ2n) is 5.64. The molecule has 1 aromatic carbocycles. The number of carbonyl (C=O) groups is 2. The van der Waals surface area contributed by atoms with E-state index >= 15 is 0 Å². The normalized spacial score (nSPS) is 18.9. The van der Waals surface area contributed by atoms with Crippen molar-refractivity contribution in [1.82, 2.24) is 9.88 Å². The van der Waals surface area contributed by atoms with E-state index in [1.54, 1.807) is 4.90 Å². The van der Waals surface area contributed by atoms with Crippen LogP contribution in [-0.4, -0.2) is 40.0 Å². The number of nitrogens with one attached hydrogen (secondary N) is 1. The number of fused-ring (bicyclic) bond motifs is 1.